The van der Waals surface area contributed by atoms with E-state index in [0.29, 0.717) is 10.9 Å². The number of rotatable bonds is 6. The number of carbonyl (C=O) groups is 1. The molecule has 2 heterocycles. The Bertz CT molecular complexity index is 971. The third kappa shape index (κ3) is 3.37. The number of nitrogens with zero attached hydrogens (tertiary/aromatic N) is 5. The summed E-state index contributed by atoms with van der Waals surface area (Å²) in [7, 11) is 1.89. The van der Waals surface area contributed by atoms with E-state index in [1.165, 1.54) is 23.5 Å². The molecule has 1 saturated carbocycles. The lowest BCUT2D eigenvalue weighted by atomic mass is 10.2. The van der Waals surface area contributed by atoms with Crippen LogP contribution in [0.4, 0.5) is 5.69 Å². The van der Waals surface area contributed by atoms with Gasteiger partial charge in [0.15, 0.2) is 10.9 Å². The van der Waals surface area contributed by atoms with Gasteiger partial charge in [-0.3, -0.25) is 4.79 Å². The highest BCUT2D eigenvalue weighted by Crippen LogP contribution is 2.46. The number of Topliss-reactive ketones (excluding diaryl/α,β-unsaturated/α-hetero) is 1. The van der Waals surface area contributed by atoms with Crippen LogP contribution in [-0.4, -0.2) is 33.3 Å². The van der Waals surface area contributed by atoms with Gasteiger partial charge in [0.2, 0.25) is 0 Å². The summed E-state index contributed by atoms with van der Waals surface area (Å²) in [6.45, 7) is 2.85. The Morgan fingerprint density at radius 2 is 2.15 bits per heavy atom. The van der Waals surface area contributed by atoms with Crippen LogP contribution in [0.3, 0.4) is 0 Å². The van der Waals surface area contributed by atoms with Crippen LogP contribution in [0.1, 0.15) is 31.5 Å². The zero-order valence-electron chi connectivity index (χ0n) is 15.2. The molecule has 1 aliphatic heterocycles. The number of allylic oxidation sites excluding steroid dienone is 1. The minimum Gasteiger partial charge on any atom is -0.337 e. The molecule has 0 spiro atoms. The predicted octanol–water partition coefficient (Wildman–Crippen LogP) is 3.81. The zero-order chi connectivity index (χ0) is 19.0. The molecule has 0 bridgehead atoms. The molecule has 2 aliphatic rings. The molecule has 1 aromatic carbocycles. The second kappa shape index (κ2) is 7.41. The number of fused-ring (bicyclic) bond motifs is 1. The number of nitriles is 1. The van der Waals surface area contributed by atoms with Gasteiger partial charge in [0, 0.05) is 24.4 Å². The summed E-state index contributed by atoms with van der Waals surface area (Å²) in [5, 5.41) is 19.6. The SMILES string of the molecule is CCn1c(SCC(=O)/C(C#N)=C2\Sc3ccccc3N2C)nnc1C1CC1. The first-order valence-corrected chi connectivity index (χ1v) is 10.7. The molecule has 1 aromatic heterocycles. The number of hydrogen-bond donors (Lipinski definition) is 0. The van der Waals surface area contributed by atoms with Gasteiger partial charge in [0.05, 0.1) is 11.4 Å². The van der Waals surface area contributed by atoms with E-state index >= 15 is 0 Å². The minimum atomic E-state index is -0.178. The summed E-state index contributed by atoms with van der Waals surface area (Å²) in [4.78, 5) is 15.8. The van der Waals surface area contributed by atoms with Crippen molar-refractivity contribution >= 4 is 35.0 Å². The fourth-order valence-electron chi connectivity index (χ4n) is 3.10. The number of para-hydroxylation sites is 1. The Morgan fingerprint density at radius 3 is 2.81 bits per heavy atom. The standard InChI is InChI=1S/C19H19N5OS2/c1-3-24-17(12-8-9-12)21-22-19(24)26-11-15(25)13(10-20)18-23(2)14-6-4-5-7-16(14)27-18/h4-7,12H,3,8-9,11H2,1-2H3/b18-13-. The molecule has 1 aliphatic carbocycles. The first kappa shape index (κ1) is 18.1. The van der Waals surface area contributed by atoms with Crippen molar-refractivity contribution in [1.29, 1.82) is 5.26 Å². The van der Waals surface area contributed by atoms with E-state index in [2.05, 4.69) is 27.8 Å². The van der Waals surface area contributed by atoms with Crippen LogP contribution < -0.4 is 4.90 Å². The second-order valence-corrected chi connectivity index (χ2v) is 8.47. The Balaban J connectivity index is 1.52. The third-order valence-corrected chi connectivity index (χ3v) is 6.88. The van der Waals surface area contributed by atoms with Crippen LogP contribution in [0.2, 0.25) is 0 Å². The molecular weight excluding hydrogens is 378 g/mol. The monoisotopic (exact) mass is 397 g/mol. The van der Waals surface area contributed by atoms with E-state index < -0.39 is 0 Å². The van der Waals surface area contributed by atoms with Gasteiger partial charge in [-0.15, -0.1) is 10.2 Å². The highest BCUT2D eigenvalue weighted by atomic mass is 32.2. The van der Waals surface area contributed by atoms with Crippen molar-refractivity contribution < 1.29 is 4.79 Å². The van der Waals surface area contributed by atoms with Crippen molar-refractivity contribution in [3.8, 4) is 6.07 Å². The number of aromatic nitrogens is 3. The zero-order valence-corrected chi connectivity index (χ0v) is 16.8. The molecule has 138 valence electrons. The number of anilines is 1. The van der Waals surface area contributed by atoms with Gasteiger partial charge in [0.25, 0.3) is 0 Å². The van der Waals surface area contributed by atoms with E-state index in [-0.39, 0.29) is 17.1 Å². The van der Waals surface area contributed by atoms with E-state index in [1.54, 1.807) is 0 Å². The predicted molar refractivity (Wildman–Crippen MR) is 107 cm³/mol. The fraction of sp³-hybridized carbons (Fsp3) is 0.368. The molecule has 0 radical (unpaired) electrons. The van der Waals surface area contributed by atoms with E-state index in [0.717, 1.165) is 41.0 Å². The highest BCUT2D eigenvalue weighted by Gasteiger charge is 2.31. The lowest BCUT2D eigenvalue weighted by Crippen LogP contribution is -2.16. The molecule has 0 amide bonds. The smallest absolute Gasteiger partial charge is 0.191 e. The molecule has 0 saturated heterocycles. The maximum absolute atomic E-state index is 12.8. The number of benzene rings is 1. The van der Waals surface area contributed by atoms with Gasteiger partial charge >= 0.3 is 0 Å². The van der Waals surface area contributed by atoms with Gasteiger partial charge in [0.1, 0.15) is 22.5 Å². The van der Waals surface area contributed by atoms with Crippen LogP contribution in [0, 0.1) is 11.3 Å². The minimum absolute atomic E-state index is 0.178. The third-order valence-electron chi connectivity index (χ3n) is 4.68. The molecule has 1 fully saturated rings. The number of carbonyl (C=O) groups excluding carboxylic acids is 1. The maximum atomic E-state index is 12.8. The largest absolute Gasteiger partial charge is 0.337 e. The first-order chi connectivity index (χ1) is 13.1. The number of hydrogen-bond acceptors (Lipinski definition) is 7. The summed E-state index contributed by atoms with van der Waals surface area (Å²) in [6, 6.07) is 10.0. The van der Waals surface area contributed by atoms with Gasteiger partial charge in [-0.2, -0.15) is 5.26 Å². The lowest BCUT2D eigenvalue weighted by molar-refractivity contribution is -0.112. The fourth-order valence-corrected chi connectivity index (χ4v) is 5.14. The molecule has 4 rings (SSSR count). The number of thioether (sulfide) groups is 2. The Morgan fingerprint density at radius 1 is 1.37 bits per heavy atom. The summed E-state index contributed by atoms with van der Waals surface area (Å²) in [5.74, 6) is 1.54. The molecule has 8 heteroatoms. The van der Waals surface area contributed by atoms with Crippen LogP contribution >= 0.6 is 23.5 Å². The molecular formula is C19H19N5OS2. The van der Waals surface area contributed by atoms with Gasteiger partial charge in [-0.1, -0.05) is 35.7 Å². The van der Waals surface area contributed by atoms with Gasteiger partial charge < -0.3 is 9.47 Å². The molecule has 0 atom stereocenters. The average molecular weight is 398 g/mol. The first-order valence-electron chi connectivity index (χ1n) is 8.88. The summed E-state index contributed by atoms with van der Waals surface area (Å²) in [6.07, 6.45) is 2.33. The Hall–Kier alpha value is -2.24. The van der Waals surface area contributed by atoms with Crippen LogP contribution in [0.25, 0.3) is 0 Å². The van der Waals surface area contributed by atoms with Crippen molar-refractivity contribution in [2.75, 3.05) is 17.7 Å². The van der Waals surface area contributed by atoms with Crippen molar-refractivity contribution in [3.05, 3.63) is 40.7 Å². The van der Waals surface area contributed by atoms with Crippen molar-refractivity contribution in [1.82, 2.24) is 14.8 Å². The second-order valence-electron chi connectivity index (χ2n) is 6.49. The quantitative estimate of drug-likeness (QED) is 0.417. The van der Waals surface area contributed by atoms with Crippen molar-refractivity contribution in [2.24, 2.45) is 0 Å². The van der Waals surface area contributed by atoms with Crippen molar-refractivity contribution in [3.63, 3.8) is 0 Å². The van der Waals surface area contributed by atoms with Crippen LogP contribution in [-0.2, 0) is 11.3 Å². The average Bonchev–Trinajstić information content (AvgIpc) is 3.37. The lowest BCUT2D eigenvalue weighted by Gasteiger charge is -2.14. The normalized spacial score (nSPS) is 17.6. The van der Waals surface area contributed by atoms with E-state index in [1.807, 2.05) is 36.2 Å². The number of ketones is 1. The maximum Gasteiger partial charge on any atom is 0.191 e. The topological polar surface area (TPSA) is 74.8 Å². The van der Waals surface area contributed by atoms with Crippen LogP contribution in [0.5, 0.6) is 0 Å². The highest BCUT2D eigenvalue weighted by molar-refractivity contribution is 8.03. The Labute approximate surface area is 166 Å². The molecule has 0 N–H and O–H groups in total. The summed E-state index contributed by atoms with van der Waals surface area (Å²) < 4.78 is 2.08. The summed E-state index contributed by atoms with van der Waals surface area (Å²) in [5.41, 5.74) is 1.22. The van der Waals surface area contributed by atoms with Gasteiger partial charge in [-0.05, 0) is 31.9 Å². The van der Waals surface area contributed by atoms with Crippen LogP contribution in [0.15, 0.2) is 44.9 Å². The molecule has 6 nitrogen and oxygen atoms in total. The molecule has 27 heavy (non-hydrogen) atoms. The molecule has 0 unspecified atom stereocenters. The summed E-state index contributed by atoms with van der Waals surface area (Å²) >= 11 is 2.83. The van der Waals surface area contributed by atoms with E-state index in [4.69, 9.17) is 0 Å². The molecule has 2 aromatic rings. The van der Waals surface area contributed by atoms with Gasteiger partial charge in [-0.25, -0.2) is 0 Å². The van der Waals surface area contributed by atoms with E-state index in [9.17, 15) is 10.1 Å². The Kier molecular flexibility index (Phi) is 4.98. The van der Waals surface area contributed by atoms with Crippen molar-refractivity contribution in [2.45, 2.75) is 42.3 Å².